The number of hydrogen-bond donors (Lipinski definition) is 1. The van der Waals surface area contributed by atoms with Gasteiger partial charge in [0.15, 0.2) is 11.0 Å². The van der Waals surface area contributed by atoms with Crippen molar-refractivity contribution in [3.05, 3.63) is 17.3 Å². The third-order valence-corrected chi connectivity index (χ3v) is 3.03. The van der Waals surface area contributed by atoms with Crippen molar-refractivity contribution in [3.8, 4) is 0 Å². The van der Waals surface area contributed by atoms with Gasteiger partial charge in [-0.15, -0.1) is 10.2 Å². The van der Waals surface area contributed by atoms with Crippen molar-refractivity contribution in [2.75, 3.05) is 11.9 Å². The summed E-state index contributed by atoms with van der Waals surface area (Å²) in [7, 11) is 0. The molecule has 1 N–H and O–H groups in total. The van der Waals surface area contributed by atoms with Crippen LogP contribution in [0.5, 0.6) is 0 Å². The third kappa shape index (κ3) is 2.92. The van der Waals surface area contributed by atoms with E-state index in [2.05, 4.69) is 15.5 Å². The van der Waals surface area contributed by atoms with Crippen molar-refractivity contribution >= 4 is 23.3 Å². The summed E-state index contributed by atoms with van der Waals surface area (Å²) in [5.41, 5.74) is 0. The molecule has 2 heterocycles. The highest BCUT2D eigenvalue weighted by Crippen LogP contribution is 2.24. The van der Waals surface area contributed by atoms with Crippen LogP contribution in [0.4, 0.5) is 5.82 Å². The molecule has 1 fully saturated rings. The molecular formula is C11H14ClN3O2. The minimum Gasteiger partial charge on any atom is -0.377 e. The van der Waals surface area contributed by atoms with Crippen molar-refractivity contribution in [1.29, 1.82) is 0 Å². The van der Waals surface area contributed by atoms with E-state index in [9.17, 15) is 4.79 Å². The number of carbonyl (C=O) groups excluding carboxylic acids is 1. The first kappa shape index (κ1) is 12.3. The Labute approximate surface area is 105 Å². The van der Waals surface area contributed by atoms with E-state index in [0.29, 0.717) is 17.6 Å². The maximum Gasteiger partial charge on any atom is 0.231 e. The zero-order valence-corrected chi connectivity index (χ0v) is 10.3. The van der Waals surface area contributed by atoms with Gasteiger partial charge in [0.25, 0.3) is 0 Å². The van der Waals surface area contributed by atoms with E-state index in [4.69, 9.17) is 16.3 Å². The Morgan fingerprint density at radius 3 is 3.06 bits per heavy atom. The molecule has 0 saturated carbocycles. The number of hydrogen-bond acceptors (Lipinski definition) is 4. The molecule has 0 aliphatic carbocycles. The van der Waals surface area contributed by atoms with Crippen molar-refractivity contribution in [2.24, 2.45) is 5.92 Å². The summed E-state index contributed by atoms with van der Waals surface area (Å²) in [5.74, 6) is 0.254. The maximum atomic E-state index is 12.0. The lowest BCUT2D eigenvalue weighted by molar-refractivity contribution is -0.121. The molecule has 0 radical (unpaired) electrons. The van der Waals surface area contributed by atoms with Gasteiger partial charge in [0, 0.05) is 6.61 Å². The maximum absolute atomic E-state index is 12.0. The number of amides is 1. The topological polar surface area (TPSA) is 64.1 Å². The molecule has 17 heavy (non-hydrogen) atoms. The van der Waals surface area contributed by atoms with Crippen LogP contribution in [0.25, 0.3) is 0 Å². The van der Waals surface area contributed by atoms with E-state index in [1.807, 2.05) is 6.92 Å². The molecule has 0 bridgehead atoms. The molecule has 1 aromatic rings. The highest BCUT2D eigenvalue weighted by Gasteiger charge is 2.32. The predicted molar refractivity (Wildman–Crippen MR) is 63.8 cm³/mol. The van der Waals surface area contributed by atoms with E-state index >= 15 is 0 Å². The molecule has 2 rings (SSSR count). The second-order valence-corrected chi connectivity index (χ2v) is 4.33. The fourth-order valence-electron chi connectivity index (χ4n) is 1.95. The first-order valence-corrected chi connectivity index (χ1v) is 6.00. The van der Waals surface area contributed by atoms with Crippen LogP contribution in [0, 0.1) is 5.92 Å². The Bertz CT molecular complexity index is 396. The molecule has 1 aliphatic rings. The van der Waals surface area contributed by atoms with Crippen LogP contribution >= 0.6 is 11.6 Å². The number of ether oxygens (including phenoxy) is 1. The number of nitrogens with one attached hydrogen (secondary N) is 1. The van der Waals surface area contributed by atoms with Crippen LogP contribution in [0.3, 0.4) is 0 Å². The van der Waals surface area contributed by atoms with E-state index in [1.54, 1.807) is 12.1 Å². The zero-order valence-electron chi connectivity index (χ0n) is 9.52. The molecule has 92 valence electrons. The summed E-state index contributed by atoms with van der Waals surface area (Å²) < 4.78 is 5.47. The Morgan fingerprint density at radius 2 is 2.41 bits per heavy atom. The quantitative estimate of drug-likeness (QED) is 0.896. The molecule has 2 atom stereocenters. The molecule has 1 aliphatic heterocycles. The standard InChI is InChI=1S/C11H14ClN3O2/c1-2-8-7(5-6-17-8)11(16)13-10-4-3-9(12)14-15-10/h3-4,7-8H,2,5-6H2,1H3,(H,13,15,16). The second-order valence-electron chi connectivity index (χ2n) is 3.94. The van der Waals surface area contributed by atoms with E-state index < -0.39 is 0 Å². The zero-order chi connectivity index (χ0) is 12.3. The SMILES string of the molecule is CCC1OCCC1C(=O)Nc1ccc(Cl)nn1. The first-order valence-electron chi connectivity index (χ1n) is 5.62. The lowest BCUT2D eigenvalue weighted by atomic mass is 9.99. The molecular weight excluding hydrogens is 242 g/mol. The average molecular weight is 256 g/mol. The number of carbonyl (C=O) groups is 1. The lowest BCUT2D eigenvalue weighted by Gasteiger charge is -2.15. The van der Waals surface area contributed by atoms with Gasteiger partial charge >= 0.3 is 0 Å². The summed E-state index contributed by atoms with van der Waals surface area (Å²) in [6, 6.07) is 3.22. The Hall–Kier alpha value is -1.20. The summed E-state index contributed by atoms with van der Waals surface area (Å²) >= 11 is 5.61. The van der Waals surface area contributed by atoms with Gasteiger partial charge in [0.2, 0.25) is 5.91 Å². The van der Waals surface area contributed by atoms with Gasteiger partial charge in [-0.05, 0) is 25.0 Å². The third-order valence-electron chi connectivity index (χ3n) is 2.83. The number of nitrogens with zero attached hydrogens (tertiary/aromatic N) is 2. The first-order chi connectivity index (χ1) is 8.20. The van der Waals surface area contributed by atoms with Gasteiger partial charge in [-0.1, -0.05) is 18.5 Å². The van der Waals surface area contributed by atoms with Gasteiger partial charge in [-0.25, -0.2) is 0 Å². The summed E-state index contributed by atoms with van der Waals surface area (Å²) in [6.07, 6.45) is 1.60. The highest BCUT2D eigenvalue weighted by atomic mass is 35.5. The van der Waals surface area contributed by atoms with Gasteiger partial charge in [-0.2, -0.15) is 0 Å². The fourth-order valence-corrected chi connectivity index (χ4v) is 2.05. The molecule has 1 saturated heterocycles. The van der Waals surface area contributed by atoms with Crippen molar-refractivity contribution in [2.45, 2.75) is 25.9 Å². The summed E-state index contributed by atoms with van der Waals surface area (Å²) in [4.78, 5) is 12.0. The van der Waals surface area contributed by atoms with Gasteiger partial charge < -0.3 is 10.1 Å². The fraction of sp³-hybridized carbons (Fsp3) is 0.545. The smallest absolute Gasteiger partial charge is 0.231 e. The molecule has 0 aromatic carbocycles. The Balaban J connectivity index is 1.99. The number of rotatable bonds is 3. The second kappa shape index (κ2) is 5.42. The predicted octanol–water partition coefficient (Wildman–Crippen LogP) is 1.88. The average Bonchev–Trinajstić information content (AvgIpc) is 2.80. The number of aromatic nitrogens is 2. The van der Waals surface area contributed by atoms with Crippen molar-refractivity contribution in [1.82, 2.24) is 10.2 Å². The van der Waals surface area contributed by atoms with Crippen molar-refractivity contribution < 1.29 is 9.53 Å². The van der Waals surface area contributed by atoms with Gasteiger partial charge in [-0.3, -0.25) is 4.79 Å². The summed E-state index contributed by atoms with van der Waals surface area (Å²) in [5, 5.41) is 10.5. The van der Waals surface area contributed by atoms with Crippen LogP contribution in [-0.4, -0.2) is 28.8 Å². The molecule has 5 nitrogen and oxygen atoms in total. The monoisotopic (exact) mass is 255 g/mol. The van der Waals surface area contributed by atoms with E-state index in [1.165, 1.54) is 0 Å². The van der Waals surface area contributed by atoms with E-state index in [-0.39, 0.29) is 17.9 Å². The Kier molecular flexibility index (Phi) is 3.91. The lowest BCUT2D eigenvalue weighted by Crippen LogP contribution is -2.29. The van der Waals surface area contributed by atoms with Crippen LogP contribution in [0.2, 0.25) is 5.15 Å². The van der Waals surface area contributed by atoms with Crippen LogP contribution in [0.15, 0.2) is 12.1 Å². The highest BCUT2D eigenvalue weighted by molar-refractivity contribution is 6.29. The number of anilines is 1. The molecule has 2 unspecified atom stereocenters. The molecule has 0 spiro atoms. The van der Waals surface area contributed by atoms with Crippen LogP contribution in [-0.2, 0) is 9.53 Å². The largest absolute Gasteiger partial charge is 0.377 e. The minimum absolute atomic E-state index is 0.00950. The van der Waals surface area contributed by atoms with Gasteiger partial charge in [0.1, 0.15) is 0 Å². The Morgan fingerprint density at radius 1 is 1.59 bits per heavy atom. The normalized spacial score (nSPS) is 23.6. The van der Waals surface area contributed by atoms with Gasteiger partial charge in [0.05, 0.1) is 12.0 Å². The van der Waals surface area contributed by atoms with Crippen LogP contribution in [0.1, 0.15) is 19.8 Å². The summed E-state index contributed by atoms with van der Waals surface area (Å²) in [6.45, 7) is 2.65. The minimum atomic E-state index is -0.0996. The molecule has 6 heteroatoms. The molecule has 1 aromatic heterocycles. The number of halogens is 1. The van der Waals surface area contributed by atoms with E-state index in [0.717, 1.165) is 12.8 Å². The molecule has 1 amide bonds. The van der Waals surface area contributed by atoms with Crippen LogP contribution < -0.4 is 5.32 Å². The van der Waals surface area contributed by atoms with Crippen molar-refractivity contribution in [3.63, 3.8) is 0 Å².